The average molecular weight is 391 g/mol. The van der Waals surface area contributed by atoms with E-state index < -0.39 is 5.91 Å². The van der Waals surface area contributed by atoms with E-state index in [1.807, 2.05) is 36.4 Å². The van der Waals surface area contributed by atoms with Gasteiger partial charge < -0.3 is 5.32 Å². The first-order chi connectivity index (χ1) is 13.5. The minimum absolute atomic E-state index is 0.0355. The lowest BCUT2D eigenvalue weighted by molar-refractivity contribution is -0.112. The third kappa shape index (κ3) is 5.06. The van der Waals surface area contributed by atoms with Crippen molar-refractivity contribution in [3.05, 3.63) is 106 Å². The second-order valence-electron chi connectivity index (χ2n) is 6.14. The van der Waals surface area contributed by atoms with Crippen molar-refractivity contribution in [1.82, 2.24) is 0 Å². The zero-order valence-electron chi connectivity index (χ0n) is 14.8. The summed E-state index contributed by atoms with van der Waals surface area (Å²) in [5, 5.41) is 12.6. The quantitative estimate of drug-likeness (QED) is 0.454. The van der Waals surface area contributed by atoms with Gasteiger partial charge in [-0.05, 0) is 59.5 Å². The predicted octanol–water partition coefficient (Wildman–Crippen LogP) is 5.62. The van der Waals surface area contributed by atoms with Crippen LogP contribution in [0.1, 0.15) is 16.7 Å². The Labute approximate surface area is 167 Å². The van der Waals surface area contributed by atoms with E-state index in [4.69, 9.17) is 11.6 Å². The Morgan fingerprint density at radius 3 is 2.61 bits per heavy atom. The van der Waals surface area contributed by atoms with Gasteiger partial charge in [0.15, 0.2) is 0 Å². The molecule has 0 saturated heterocycles. The molecule has 0 aliphatic carbocycles. The molecule has 0 aliphatic rings. The molecule has 0 bridgehead atoms. The highest BCUT2D eigenvalue weighted by Crippen LogP contribution is 2.20. The van der Waals surface area contributed by atoms with E-state index in [-0.39, 0.29) is 11.4 Å². The number of nitrogens with one attached hydrogen (secondary N) is 1. The van der Waals surface area contributed by atoms with Gasteiger partial charge in [-0.2, -0.15) is 5.26 Å². The maximum absolute atomic E-state index is 13.5. The number of nitrogens with zero attached hydrogens (tertiary/aromatic N) is 1. The van der Waals surface area contributed by atoms with Gasteiger partial charge in [0.05, 0.1) is 0 Å². The molecule has 0 saturated carbocycles. The molecule has 0 aromatic heterocycles. The third-order valence-corrected chi connectivity index (χ3v) is 4.32. The van der Waals surface area contributed by atoms with E-state index in [9.17, 15) is 14.4 Å². The molecule has 0 heterocycles. The van der Waals surface area contributed by atoms with Crippen LogP contribution in [0.3, 0.4) is 0 Å². The minimum Gasteiger partial charge on any atom is -0.321 e. The molecule has 138 valence electrons. The molecule has 0 atom stereocenters. The molecule has 3 rings (SSSR count). The van der Waals surface area contributed by atoms with Crippen molar-refractivity contribution in [2.24, 2.45) is 0 Å². The van der Waals surface area contributed by atoms with Crippen molar-refractivity contribution in [3.8, 4) is 6.07 Å². The van der Waals surface area contributed by atoms with Crippen molar-refractivity contribution >= 4 is 29.3 Å². The van der Waals surface area contributed by atoms with Crippen LogP contribution < -0.4 is 5.32 Å². The summed E-state index contributed by atoms with van der Waals surface area (Å²) < 4.78 is 13.5. The highest BCUT2D eigenvalue weighted by atomic mass is 35.5. The maximum atomic E-state index is 13.5. The summed E-state index contributed by atoms with van der Waals surface area (Å²) in [6.07, 6.45) is 2.02. The number of rotatable bonds is 5. The lowest BCUT2D eigenvalue weighted by Gasteiger charge is -2.08. The first-order valence-electron chi connectivity index (χ1n) is 8.56. The van der Waals surface area contributed by atoms with Crippen LogP contribution in [0, 0.1) is 17.1 Å². The summed E-state index contributed by atoms with van der Waals surface area (Å²) >= 11 is 5.92. The average Bonchev–Trinajstić information content (AvgIpc) is 2.67. The third-order valence-electron chi connectivity index (χ3n) is 4.09. The van der Waals surface area contributed by atoms with Crippen LogP contribution in [0.25, 0.3) is 6.08 Å². The molecule has 28 heavy (non-hydrogen) atoms. The number of carbonyl (C=O) groups excluding carboxylic acids is 1. The second-order valence-corrected chi connectivity index (χ2v) is 6.58. The topological polar surface area (TPSA) is 52.9 Å². The molecule has 5 heteroatoms. The standard InChI is InChI=1S/C23H16ClFN2O/c24-20-8-4-10-22(14-20)27-23(28)19(15-26)13-18-7-2-1-6-17(18)11-16-5-3-9-21(25)12-16/h1-10,12-14H,11H2,(H,27,28)/b19-13+. The van der Waals surface area contributed by atoms with E-state index in [1.165, 1.54) is 18.2 Å². The molecule has 0 radical (unpaired) electrons. The van der Waals surface area contributed by atoms with Gasteiger partial charge in [-0.25, -0.2) is 4.39 Å². The number of anilines is 1. The van der Waals surface area contributed by atoms with Crippen LogP contribution in [0.5, 0.6) is 0 Å². The van der Waals surface area contributed by atoms with E-state index >= 15 is 0 Å². The van der Waals surface area contributed by atoms with Crippen LogP contribution in [0.4, 0.5) is 10.1 Å². The normalized spacial score (nSPS) is 11.0. The Morgan fingerprint density at radius 1 is 1.07 bits per heavy atom. The minimum atomic E-state index is -0.523. The SMILES string of the molecule is N#C/C(=C\c1ccccc1Cc1cccc(F)c1)C(=O)Nc1cccc(Cl)c1. The fraction of sp³-hybridized carbons (Fsp3) is 0.0435. The number of hydrogen-bond acceptors (Lipinski definition) is 2. The maximum Gasteiger partial charge on any atom is 0.266 e. The highest BCUT2D eigenvalue weighted by molar-refractivity contribution is 6.31. The number of carbonyl (C=O) groups is 1. The van der Waals surface area contributed by atoms with Crippen molar-refractivity contribution in [2.75, 3.05) is 5.32 Å². The fourth-order valence-corrected chi connectivity index (χ4v) is 2.96. The largest absolute Gasteiger partial charge is 0.321 e. The zero-order valence-corrected chi connectivity index (χ0v) is 15.6. The Kier molecular flexibility index (Phi) is 6.21. The summed E-state index contributed by atoms with van der Waals surface area (Å²) in [7, 11) is 0. The first kappa shape index (κ1) is 19.3. The van der Waals surface area contributed by atoms with Gasteiger partial charge in [-0.3, -0.25) is 4.79 Å². The Morgan fingerprint density at radius 2 is 1.86 bits per heavy atom. The summed E-state index contributed by atoms with van der Waals surface area (Å²) in [6.45, 7) is 0. The van der Waals surface area contributed by atoms with E-state index in [0.29, 0.717) is 17.1 Å². The summed E-state index contributed by atoms with van der Waals surface area (Å²) in [6, 6.07) is 22.4. The Bertz CT molecular complexity index is 1090. The molecule has 0 fully saturated rings. The van der Waals surface area contributed by atoms with Crippen LogP contribution in [0.15, 0.2) is 78.4 Å². The van der Waals surface area contributed by atoms with E-state index in [1.54, 1.807) is 30.3 Å². The van der Waals surface area contributed by atoms with Gasteiger partial charge in [0, 0.05) is 10.7 Å². The molecule has 3 aromatic rings. The molecule has 1 N–H and O–H groups in total. The van der Waals surface area contributed by atoms with Crippen LogP contribution >= 0.6 is 11.6 Å². The second kappa shape index (κ2) is 8.98. The Hall–Kier alpha value is -3.42. The predicted molar refractivity (Wildman–Crippen MR) is 109 cm³/mol. The Balaban J connectivity index is 1.86. The number of nitriles is 1. The summed E-state index contributed by atoms with van der Waals surface area (Å²) in [5.41, 5.74) is 2.89. The lowest BCUT2D eigenvalue weighted by Crippen LogP contribution is -2.13. The number of amides is 1. The molecule has 0 unspecified atom stereocenters. The molecule has 1 amide bonds. The zero-order chi connectivity index (χ0) is 19.9. The van der Waals surface area contributed by atoms with Gasteiger partial charge in [0.25, 0.3) is 5.91 Å². The van der Waals surface area contributed by atoms with E-state index in [0.717, 1.165) is 16.7 Å². The van der Waals surface area contributed by atoms with Gasteiger partial charge >= 0.3 is 0 Å². The van der Waals surface area contributed by atoms with Crippen LogP contribution in [-0.2, 0) is 11.2 Å². The molecular weight excluding hydrogens is 375 g/mol. The monoisotopic (exact) mass is 390 g/mol. The van der Waals surface area contributed by atoms with Gasteiger partial charge in [-0.15, -0.1) is 0 Å². The van der Waals surface area contributed by atoms with E-state index in [2.05, 4.69) is 5.32 Å². The molecule has 3 aromatic carbocycles. The van der Waals surface area contributed by atoms with Crippen molar-refractivity contribution in [1.29, 1.82) is 5.26 Å². The first-order valence-corrected chi connectivity index (χ1v) is 8.94. The molecule has 0 spiro atoms. The van der Waals surface area contributed by atoms with Crippen molar-refractivity contribution in [2.45, 2.75) is 6.42 Å². The molecule has 3 nitrogen and oxygen atoms in total. The fourth-order valence-electron chi connectivity index (χ4n) is 2.77. The highest BCUT2D eigenvalue weighted by Gasteiger charge is 2.11. The van der Waals surface area contributed by atoms with Crippen molar-refractivity contribution in [3.63, 3.8) is 0 Å². The number of halogens is 2. The summed E-state index contributed by atoms with van der Waals surface area (Å²) in [5.74, 6) is -0.825. The smallest absolute Gasteiger partial charge is 0.266 e. The molecule has 0 aliphatic heterocycles. The van der Waals surface area contributed by atoms with Gasteiger partial charge in [0.1, 0.15) is 17.5 Å². The van der Waals surface area contributed by atoms with Gasteiger partial charge in [0.2, 0.25) is 0 Å². The van der Waals surface area contributed by atoms with Crippen molar-refractivity contribution < 1.29 is 9.18 Å². The van der Waals surface area contributed by atoms with Gasteiger partial charge in [-0.1, -0.05) is 54.1 Å². The number of hydrogen-bond donors (Lipinski definition) is 1. The lowest BCUT2D eigenvalue weighted by atomic mass is 9.98. The number of benzene rings is 3. The van der Waals surface area contributed by atoms with Crippen LogP contribution in [0.2, 0.25) is 5.02 Å². The van der Waals surface area contributed by atoms with Crippen LogP contribution in [-0.4, -0.2) is 5.91 Å². The summed E-state index contributed by atoms with van der Waals surface area (Å²) in [4.78, 5) is 12.5. The molecular formula is C23H16ClFN2O.